The van der Waals surface area contributed by atoms with Gasteiger partial charge in [0.2, 0.25) is 0 Å². The molecule has 0 spiro atoms. The Kier molecular flexibility index (Phi) is 4.06. The third kappa shape index (κ3) is 3.47. The van der Waals surface area contributed by atoms with Gasteiger partial charge in [-0.25, -0.2) is 0 Å². The molecule has 1 aliphatic carbocycles. The van der Waals surface area contributed by atoms with Crippen molar-refractivity contribution in [3.8, 4) is 0 Å². The Labute approximate surface area is 105 Å². The highest BCUT2D eigenvalue weighted by molar-refractivity contribution is 5.50. The number of hydrogen-bond donors (Lipinski definition) is 1. The van der Waals surface area contributed by atoms with E-state index in [0.29, 0.717) is 0 Å². The maximum absolute atomic E-state index is 3.38. The van der Waals surface area contributed by atoms with Gasteiger partial charge in [-0.15, -0.1) is 0 Å². The highest BCUT2D eigenvalue weighted by Gasteiger charge is 2.22. The van der Waals surface area contributed by atoms with E-state index in [1.54, 1.807) is 0 Å². The Morgan fingerprint density at radius 1 is 1.35 bits per heavy atom. The van der Waals surface area contributed by atoms with Gasteiger partial charge in [-0.2, -0.15) is 0 Å². The lowest BCUT2D eigenvalue weighted by molar-refractivity contribution is 0.723. The number of hydrogen-bond acceptors (Lipinski definition) is 2. The van der Waals surface area contributed by atoms with Crippen LogP contribution in [0, 0.1) is 12.8 Å². The molecular formula is C15H24N2. The van der Waals surface area contributed by atoms with Gasteiger partial charge < -0.3 is 10.2 Å². The minimum Gasteiger partial charge on any atom is -0.374 e. The van der Waals surface area contributed by atoms with Crippen molar-refractivity contribution in [1.29, 1.82) is 0 Å². The van der Waals surface area contributed by atoms with Gasteiger partial charge in [0, 0.05) is 25.8 Å². The zero-order chi connectivity index (χ0) is 12.3. The molecule has 0 unspecified atom stereocenters. The van der Waals surface area contributed by atoms with Crippen LogP contribution in [0.2, 0.25) is 0 Å². The first-order valence-electron chi connectivity index (χ1n) is 6.72. The predicted molar refractivity (Wildman–Crippen MR) is 74.6 cm³/mol. The first-order chi connectivity index (χ1) is 8.20. The van der Waals surface area contributed by atoms with Gasteiger partial charge in [0.05, 0.1) is 0 Å². The quantitative estimate of drug-likeness (QED) is 0.811. The molecule has 1 N–H and O–H groups in total. The van der Waals surface area contributed by atoms with Crippen LogP contribution in [0.3, 0.4) is 0 Å². The summed E-state index contributed by atoms with van der Waals surface area (Å²) in [6.07, 6.45) is 2.84. The lowest BCUT2D eigenvalue weighted by Crippen LogP contribution is -2.20. The molecule has 0 aliphatic heterocycles. The van der Waals surface area contributed by atoms with Gasteiger partial charge in [0.1, 0.15) is 0 Å². The molecule has 1 aliphatic rings. The number of nitrogens with zero attached hydrogens (tertiary/aromatic N) is 1. The van der Waals surface area contributed by atoms with E-state index in [4.69, 9.17) is 0 Å². The first kappa shape index (κ1) is 12.4. The molecule has 1 fully saturated rings. The molecule has 0 saturated heterocycles. The SMILES string of the molecule is CCNCc1ccc(N(C)CC2CC2)cc1C. The summed E-state index contributed by atoms with van der Waals surface area (Å²) in [5.41, 5.74) is 4.16. The number of aryl methyl sites for hydroxylation is 1. The number of benzene rings is 1. The fraction of sp³-hybridized carbons (Fsp3) is 0.600. The third-order valence-corrected chi connectivity index (χ3v) is 3.56. The van der Waals surface area contributed by atoms with E-state index < -0.39 is 0 Å². The smallest absolute Gasteiger partial charge is 0.0366 e. The molecule has 2 rings (SSSR count). The maximum Gasteiger partial charge on any atom is 0.0366 e. The third-order valence-electron chi connectivity index (χ3n) is 3.56. The van der Waals surface area contributed by atoms with Crippen LogP contribution in [0.5, 0.6) is 0 Å². The zero-order valence-electron chi connectivity index (χ0n) is 11.3. The second kappa shape index (κ2) is 5.54. The van der Waals surface area contributed by atoms with Crippen molar-refractivity contribution in [3.63, 3.8) is 0 Å². The van der Waals surface area contributed by atoms with Crippen LogP contribution >= 0.6 is 0 Å². The monoisotopic (exact) mass is 232 g/mol. The van der Waals surface area contributed by atoms with Crippen LogP contribution in [0.15, 0.2) is 18.2 Å². The van der Waals surface area contributed by atoms with Crippen molar-refractivity contribution in [2.75, 3.05) is 25.0 Å². The van der Waals surface area contributed by atoms with Gasteiger partial charge in [0.15, 0.2) is 0 Å². The lowest BCUT2D eigenvalue weighted by atomic mass is 10.1. The average molecular weight is 232 g/mol. The summed E-state index contributed by atoms with van der Waals surface area (Å²) in [7, 11) is 2.21. The molecule has 1 saturated carbocycles. The molecule has 0 amide bonds. The lowest BCUT2D eigenvalue weighted by Gasteiger charge is -2.20. The van der Waals surface area contributed by atoms with Crippen LogP contribution < -0.4 is 10.2 Å². The molecule has 0 heterocycles. The van der Waals surface area contributed by atoms with Crippen molar-refractivity contribution in [1.82, 2.24) is 5.32 Å². The maximum atomic E-state index is 3.38. The minimum atomic E-state index is 0.946. The molecule has 1 aromatic rings. The van der Waals surface area contributed by atoms with Crippen LogP contribution in [0.1, 0.15) is 30.9 Å². The van der Waals surface area contributed by atoms with E-state index in [2.05, 4.69) is 49.3 Å². The van der Waals surface area contributed by atoms with E-state index in [9.17, 15) is 0 Å². The van der Waals surface area contributed by atoms with Crippen molar-refractivity contribution in [3.05, 3.63) is 29.3 Å². The van der Waals surface area contributed by atoms with E-state index >= 15 is 0 Å². The number of rotatable bonds is 6. The molecule has 0 radical (unpaired) electrons. The Morgan fingerprint density at radius 2 is 2.12 bits per heavy atom. The summed E-state index contributed by atoms with van der Waals surface area (Å²) in [6.45, 7) is 7.58. The van der Waals surface area contributed by atoms with Crippen molar-refractivity contribution >= 4 is 5.69 Å². The van der Waals surface area contributed by atoms with Crippen molar-refractivity contribution in [2.24, 2.45) is 5.92 Å². The minimum absolute atomic E-state index is 0.946. The Bertz CT molecular complexity index is 369. The summed E-state index contributed by atoms with van der Waals surface area (Å²) in [6, 6.07) is 6.83. The van der Waals surface area contributed by atoms with Gasteiger partial charge in [-0.3, -0.25) is 0 Å². The summed E-state index contributed by atoms with van der Waals surface area (Å²) in [5, 5.41) is 3.38. The van der Waals surface area contributed by atoms with E-state index in [-0.39, 0.29) is 0 Å². The average Bonchev–Trinajstić information content (AvgIpc) is 3.11. The summed E-state index contributed by atoms with van der Waals surface area (Å²) >= 11 is 0. The highest BCUT2D eigenvalue weighted by atomic mass is 15.1. The molecule has 2 heteroatoms. The van der Waals surface area contributed by atoms with Gasteiger partial charge in [-0.05, 0) is 55.5 Å². The van der Waals surface area contributed by atoms with Crippen LogP contribution in [0.4, 0.5) is 5.69 Å². The second-order valence-electron chi connectivity index (χ2n) is 5.22. The number of anilines is 1. The zero-order valence-corrected chi connectivity index (χ0v) is 11.3. The second-order valence-corrected chi connectivity index (χ2v) is 5.22. The molecule has 2 nitrogen and oxygen atoms in total. The van der Waals surface area contributed by atoms with Gasteiger partial charge in [-0.1, -0.05) is 13.0 Å². The van der Waals surface area contributed by atoms with Gasteiger partial charge in [0.25, 0.3) is 0 Å². The van der Waals surface area contributed by atoms with Gasteiger partial charge >= 0.3 is 0 Å². The van der Waals surface area contributed by atoms with Crippen molar-refractivity contribution < 1.29 is 0 Å². The van der Waals surface area contributed by atoms with Crippen LogP contribution in [0.25, 0.3) is 0 Å². The fourth-order valence-electron chi connectivity index (χ4n) is 2.17. The highest BCUT2D eigenvalue weighted by Crippen LogP contribution is 2.31. The fourth-order valence-corrected chi connectivity index (χ4v) is 2.17. The predicted octanol–water partition coefficient (Wildman–Crippen LogP) is 2.95. The Morgan fingerprint density at radius 3 is 2.71 bits per heavy atom. The normalized spacial score (nSPS) is 15.0. The molecule has 0 bridgehead atoms. The molecule has 1 aromatic carbocycles. The Hall–Kier alpha value is -1.02. The summed E-state index contributed by atoms with van der Waals surface area (Å²) in [5.74, 6) is 0.946. The van der Waals surface area contributed by atoms with Crippen LogP contribution in [-0.4, -0.2) is 20.1 Å². The van der Waals surface area contributed by atoms with E-state index in [1.165, 1.54) is 36.2 Å². The van der Waals surface area contributed by atoms with E-state index in [1.807, 2.05) is 0 Å². The molecular weight excluding hydrogens is 208 g/mol. The van der Waals surface area contributed by atoms with Crippen molar-refractivity contribution in [2.45, 2.75) is 33.2 Å². The molecule has 0 aromatic heterocycles. The summed E-state index contributed by atoms with van der Waals surface area (Å²) in [4.78, 5) is 2.39. The first-order valence-corrected chi connectivity index (χ1v) is 6.72. The topological polar surface area (TPSA) is 15.3 Å². The molecule has 94 valence electrons. The number of nitrogens with one attached hydrogen (secondary N) is 1. The van der Waals surface area contributed by atoms with E-state index in [0.717, 1.165) is 19.0 Å². The molecule has 17 heavy (non-hydrogen) atoms. The summed E-state index contributed by atoms with van der Waals surface area (Å²) < 4.78 is 0. The van der Waals surface area contributed by atoms with Crippen LogP contribution in [-0.2, 0) is 6.54 Å². The Balaban J connectivity index is 2.00. The largest absolute Gasteiger partial charge is 0.374 e. The standard InChI is InChI=1S/C15H24N2/c1-4-16-10-14-7-8-15(9-12(14)2)17(3)11-13-5-6-13/h7-9,13,16H,4-6,10-11H2,1-3H3. The molecule has 0 atom stereocenters.